The van der Waals surface area contributed by atoms with E-state index in [2.05, 4.69) is 15.9 Å². The number of nitro benzene ring substituents is 1. The molecule has 0 amide bonds. The maximum atomic E-state index is 13.4. The number of nitro groups is 1. The molecule has 98 valence electrons. The average molecular weight is 330 g/mol. The minimum absolute atomic E-state index is 0.225. The summed E-state index contributed by atoms with van der Waals surface area (Å²) >= 11 is 3.19. The highest BCUT2D eigenvalue weighted by molar-refractivity contribution is 9.10. The van der Waals surface area contributed by atoms with Crippen molar-refractivity contribution < 1.29 is 18.4 Å². The first-order chi connectivity index (χ1) is 8.97. The Hall–Kier alpha value is -2.02. The summed E-state index contributed by atoms with van der Waals surface area (Å²) in [6.45, 7) is 0. The molecule has 0 spiro atoms. The Labute approximate surface area is 114 Å². The summed E-state index contributed by atoms with van der Waals surface area (Å²) in [4.78, 5) is 9.81. The normalized spacial score (nSPS) is 10.3. The van der Waals surface area contributed by atoms with Crippen LogP contribution in [0.15, 0.2) is 40.9 Å². The molecule has 0 aliphatic heterocycles. The van der Waals surface area contributed by atoms with Crippen LogP contribution in [0.5, 0.6) is 11.5 Å². The van der Waals surface area contributed by atoms with E-state index in [4.69, 9.17) is 4.74 Å². The lowest BCUT2D eigenvalue weighted by Crippen LogP contribution is -1.98. The third kappa shape index (κ3) is 3.05. The molecule has 0 atom stereocenters. The van der Waals surface area contributed by atoms with Gasteiger partial charge in [0.25, 0.3) is 0 Å². The zero-order chi connectivity index (χ0) is 14.0. The maximum Gasteiger partial charge on any atom is 0.347 e. The predicted octanol–water partition coefficient (Wildman–Crippen LogP) is 4.43. The van der Waals surface area contributed by atoms with Crippen LogP contribution in [0.2, 0.25) is 0 Å². The van der Waals surface area contributed by atoms with Gasteiger partial charge >= 0.3 is 5.69 Å². The SMILES string of the molecule is O=[N+]([O-])c1c(F)cc(F)cc1Oc1cccc(Br)c1. The largest absolute Gasteiger partial charge is 0.450 e. The number of benzene rings is 2. The molecule has 0 aromatic heterocycles. The monoisotopic (exact) mass is 329 g/mol. The molecule has 4 nitrogen and oxygen atoms in total. The van der Waals surface area contributed by atoms with Crippen molar-refractivity contribution in [2.45, 2.75) is 0 Å². The summed E-state index contributed by atoms with van der Waals surface area (Å²) in [5.41, 5.74) is -0.902. The number of hydrogen-bond acceptors (Lipinski definition) is 3. The van der Waals surface area contributed by atoms with Crippen LogP contribution >= 0.6 is 15.9 Å². The molecule has 0 aliphatic carbocycles. The topological polar surface area (TPSA) is 52.4 Å². The number of ether oxygens (including phenoxy) is 1. The third-order valence-electron chi connectivity index (χ3n) is 2.20. The Morgan fingerprint density at radius 2 is 1.95 bits per heavy atom. The van der Waals surface area contributed by atoms with E-state index >= 15 is 0 Å². The summed E-state index contributed by atoms with van der Waals surface area (Å²) in [6.07, 6.45) is 0. The first-order valence-electron chi connectivity index (χ1n) is 5.04. The van der Waals surface area contributed by atoms with Gasteiger partial charge in [-0.3, -0.25) is 10.1 Å². The van der Waals surface area contributed by atoms with Crippen molar-refractivity contribution in [3.8, 4) is 11.5 Å². The first-order valence-corrected chi connectivity index (χ1v) is 5.83. The van der Waals surface area contributed by atoms with Gasteiger partial charge in [0, 0.05) is 16.6 Å². The molecule has 2 aromatic carbocycles. The molecule has 0 radical (unpaired) electrons. The van der Waals surface area contributed by atoms with Crippen LogP contribution in [0.3, 0.4) is 0 Å². The van der Waals surface area contributed by atoms with E-state index in [0.29, 0.717) is 10.5 Å². The maximum absolute atomic E-state index is 13.4. The van der Waals surface area contributed by atoms with Crippen LogP contribution in [-0.2, 0) is 0 Å². The molecule has 2 rings (SSSR count). The van der Waals surface area contributed by atoms with Gasteiger partial charge in [0.2, 0.25) is 11.6 Å². The van der Waals surface area contributed by atoms with Gasteiger partial charge in [-0.2, -0.15) is 4.39 Å². The van der Waals surface area contributed by atoms with Crippen LogP contribution in [0, 0.1) is 21.7 Å². The number of nitrogens with zero attached hydrogens (tertiary/aromatic N) is 1. The molecule has 0 heterocycles. The fourth-order valence-electron chi connectivity index (χ4n) is 1.45. The standard InChI is InChI=1S/C12H6BrF2NO3/c13-7-2-1-3-9(4-7)19-11-6-8(14)5-10(15)12(11)16(17)18/h1-6H. The zero-order valence-electron chi connectivity index (χ0n) is 9.27. The van der Waals surface area contributed by atoms with E-state index in [0.717, 1.165) is 6.07 Å². The minimum atomic E-state index is -1.28. The van der Waals surface area contributed by atoms with E-state index in [1.54, 1.807) is 12.1 Å². The highest BCUT2D eigenvalue weighted by Crippen LogP contribution is 2.35. The Balaban J connectivity index is 2.47. The molecule has 0 N–H and O–H groups in total. The van der Waals surface area contributed by atoms with Crippen LogP contribution in [0.4, 0.5) is 14.5 Å². The highest BCUT2D eigenvalue weighted by Gasteiger charge is 2.24. The van der Waals surface area contributed by atoms with Crippen molar-refractivity contribution in [3.63, 3.8) is 0 Å². The van der Waals surface area contributed by atoms with Gasteiger partial charge in [-0.25, -0.2) is 4.39 Å². The van der Waals surface area contributed by atoms with Crippen molar-refractivity contribution in [1.29, 1.82) is 0 Å². The number of hydrogen-bond donors (Lipinski definition) is 0. The van der Waals surface area contributed by atoms with E-state index in [-0.39, 0.29) is 5.75 Å². The molecule has 0 fully saturated rings. The summed E-state index contributed by atoms with van der Waals surface area (Å²) in [5, 5.41) is 10.8. The fourth-order valence-corrected chi connectivity index (χ4v) is 1.83. The van der Waals surface area contributed by atoms with Gasteiger partial charge in [0.05, 0.1) is 4.92 Å². The lowest BCUT2D eigenvalue weighted by atomic mass is 10.2. The van der Waals surface area contributed by atoms with E-state index in [9.17, 15) is 18.9 Å². The predicted molar refractivity (Wildman–Crippen MR) is 67.2 cm³/mol. The second kappa shape index (κ2) is 5.31. The first kappa shape index (κ1) is 13.4. The lowest BCUT2D eigenvalue weighted by molar-refractivity contribution is -0.388. The molecular formula is C12H6BrF2NO3. The number of halogens is 3. The van der Waals surface area contributed by atoms with Gasteiger partial charge in [-0.15, -0.1) is 0 Å². The summed E-state index contributed by atoms with van der Waals surface area (Å²) < 4.78 is 32.3. The van der Waals surface area contributed by atoms with Gasteiger partial charge in [-0.05, 0) is 18.2 Å². The van der Waals surface area contributed by atoms with Crippen molar-refractivity contribution in [2.75, 3.05) is 0 Å². The quantitative estimate of drug-likeness (QED) is 0.618. The Kier molecular flexibility index (Phi) is 3.75. The lowest BCUT2D eigenvalue weighted by Gasteiger charge is -2.07. The molecule has 0 saturated heterocycles. The molecule has 2 aromatic rings. The van der Waals surface area contributed by atoms with Gasteiger partial charge in [0.15, 0.2) is 0 Å². The summed E-state index contributed by atoms with van der Waals surface area (Å²) in [6, 6.07) is 7.58. The average Bonchev–Trinajstić information content (AvgIpc) is 2.26. The minimum Gasteiger partial charge on any atom is -0.450 e. The highest BCUT2D eigenvalue weighted by atomic mass is 79.9. The second-order valence-corrected chi connectivity index (χ2v) is 4.47. The molecule has 0 unspecified atom stereocenters. The molecule has 0 aliphatic rings. The van der Waals surface area contributed by atoms with Gasteiger partial charge in [0.1, 0.15) is 11.6 Å². The Bertz CT molecular complexity index is 649. The van der Waals surface area contributed by atoms with Crippen molar-refractivity contribution in [3.05, 3.63) is 62.6 Å². The Morgan fingerprint density at radius 1 is 1.21 bits per heavy atom. The second-order valence-electron chi connectivity index (χ2n) is 3.55. The molecule has 0 saturated carbocycles. The molecule has 7 heteroatoms. The summed E-state index contributed by atoms with van der Waals surface area (Å²) in [7, 11) is 0. The number of rotatable bonds is 3. The zero-order valence-corrected chi connectivity index (χ0v) is 10.9. The van der Waals surface area contributed by atoms with Crippen molar-refractivity contribution in [1.82, 2.24) is 0 Å². The van der Waals surface area contributed by atoms with Crippen molar-refractivity contribution in [2.24, 2.45) is 0 Å². The van der Waals surface area contributed by atoms with Gasteiger partial charge < -0.3 is 4.74 Å². The van der Waals surface area contributed by atoms with E-state index in [1.807, 2.05) is 0 Å². The van der Waals surface area contributed by atoms with Crippen LogP contribution in [0.25, 0.3) is 0 Å². The molecule has 19 heavy (non-hydrogen) atoms. The van der Waals surface area contributed by atoms with Gasteiger partial charge in [-0.1, -0.05) is 22.0 Å². The Morgan fingerprint density at radius 3 is 2.58 bits per heavy atom. The van der Waals surface area contributed by atoms with E-state index in [1.165, 1.54) is 12.1 Å². The van der Waals surface area contributed by atoms with Crippen LogP contribution in [0.1, 0.15) is 0 Å². The molecule has 0 bridgehead atoms. The summed E-state index contributed by atoms with van der Waals surface area (Å²) in [5.74, 6) is -2.49. The van der Waals surface area contributed by atoms with E-state index < -0.39 is 28.0 Å². The fraction of sp³-hybridized carbons (Fsp3) is 0. The van der Waals surface area contributed by atoms with Crippen molar-refractivity contribution >= 4 is 21.6 Å². The van der Waals surface area contributed by atoms with Crippen LogP contribution in [-0.4, -0.2) is 4.92 Å². The van der Waals surface area contributed by atoms with Crippen LogP contribution < -0.4 is 4.74 Å². The molecular weight excluding hydrogens is 324 g/mol. The smallest absolute Gasteiger partial charge is 0.347 e. The third-order valence-corrected chi connectivity index (χ3v) is 2.69.